The van der Waals surface area contributed by atoms with Crippen molar-refractivity contribution >= 4 is 45.9 Å². The molecule has 2 aliphatic rings. The monoisotopic (exact) mass is 507 g/mol. The van der Waals surface area contributed by atoms with E-state index in [-0.39, 0.29) is 24.0 Å². The van der Waals surface area contributed by atoms with Crippen molar-refractivity contribution in [3.8, 4) is 0 Å². The number of halogens is 2. The molecule has 3 rings (SSSR count). The number of guanidine groups is 1. The Morgan fingerprint density at radius 2 is 2.12 bits per heavy atom. The van der Waals surface area contributed by atoms with Crippen molar-refractivity contribution in [1.29, 1.82) is 0 Å². The average molecular weight is 508 g/mol. The summed E-state index contributed by atoms with van der Waals surface area (Å²) < 4.78 is 6.75. The first-order valence-corrected chi connectivity index (χ1v) is 9.36. The van der Waals surface area contributed by atoms with Gasteiger partial charge in [0, 0.05) is 42.7 Å². The highest BCUT2D eigenvalue weighted by atomic mass is 127. The number of hydrogen-bond donors (Lipinski definition) is 1. The van der Waals surface area contributed by atoms with Crippen LogP contribution in [0.4, 0.5) is 0 Å². The second-order valence-corrected chi connectivity index (χ2v) is 7.50. The van der Waals surface area contributed by atoms with E-state index >= 15 is 0 Å². The van der Waals surface area contributed by atoms with Crippen molar-refractivity contribution in [3.63, 3.8) is 0 Å². The molecule has 2 aliphatic heterocycles. The van der Waals surface area contributed by atoms with E-state index in [0.29, 0.717) is 5.41 Å². The fraction of sp³-hybridized carbons (Fsp3) is 0.611. The van der Waals surface area contributed by atoms with Crippen molar-refractivity contribution in [1.82, 2.24) is 10.2 Å². The lowest BCUT2D eigenvalue weighted by molar-refractivity contribution is 0.156. The molecular formula is C18H27BrIN3O. The lowest BCUT2D eigenvalue weighted by Crippen LogP contribution is -2.41. The number of ether oxygens (including phenoxy) is 1. The molecule has 0 amide bonds. The van der Waals surface area contributed by atoms with Gasteiger partial charge in [-0.3, -0.25) is 4.99 Å². The van der Waals surface area contributed by atoms with Crippen molar-refractivity contribution < 1.29 is 4.74 Å². The first-order valence-electron chi connectivity index (χ1n) is 8.56. The summed E-state index contributed by atoms with van der Waals surface area (Å²) in [5, 5.41) is 3.45. The van der Waals surface area contributed by atoms with Gasteiger partial charge in [-0.05, 0) is 43.9 Å². The third kappa shape index (κ3) is 5.08. The second kappa shape index (κ2) is 9.38. The van der Waals surface area contributed by atoms with E-state index < -0.39 is 0 Å². The van der Waals surface area contributed by atoms with Crippen LogP contribution in [0, 0.1) is 5.41 Å². The number of nitrogens with one attached hydrogen (secondary N) is 1. The van der Waals surface area contributed by atoms with Crippen LogP contribution in [0.25, 0.3) is 0 Å². The number of nitrogens with zero attached hydrogens (tertiary/aromatic N) is 2. The molecule has 0 saturated carbocycles. The first kappa shape index (κ1) is 20.0. The Labute approximate surface area is 170 Å². The van der Waals surface area contributed by atoms with Crippen LogP contribution in [0.5, 0.6) is 0 Å². The quantitative estimate of drug-likeness (QED) is 0.383. The number of aliphatic imine (C=N–C) groups is 1. The summed E-state index contributed by atoms with van der Waals surface area (Å²) in [7, 11) is 0. The predicted molar refractivity (Wildman–Crippen MR) is 113 cm³/mol. The molecule has 0 aliphatic carbocycles. The Hall–Kier alpha value is -0.340. The molecule has 1 aromatic rings. The zero-order chi connectivity index (χ0) is 16.1. The zero-order valence-corrected chi connectivity index (χ0v) is 18.2. The molecule has 0 bridgehead atoms. The Morgan fingerprint density at radius 1 is 1.33 bits per heavy atom. The van der Waals surface area contributed by atoms with Gasteiger partial charge in [-0.25, -0.2) is 0 Å². The summed E-state index contributed by atoms with van der Waals surface area (Å²) in [6.07, 6.45) is 3.40. The minimum atomic E-state index is 0. The van der Waals surface area contributed by atoms with Crippen LogP contribution in [-0.2, 0) is 11.2 Å². The Balaban J connectivity index is 0.00000208. The highest BCUT2D eigenvalue weighted by Gasteiger charge is 2.42. The molecule has 1 atom stereocenters. The number of rotatable bonds is 4. The van der Waals surface area contributed by atoms with Gasteiger partial charge in [0.25, 0.3) is 0 Å². The molecule has 4 nitrogen and oxygen atoms in total. The van der Waals surface area contributed by atoms with Gasteiger partial charge in [-0.2, -0.15) is 0 Å². The summed E-state index contributed by atoms with van der Waals surface area (Å²) >= 11 is 3.48. The first-order chi connectivity index (χ1) is 11.2. The Kier molecular flexibility index (Phi) is 7.81. The maximum absolute atomic E-state index is 5.63. The SMILES string of the molecule is CCNC(=NCCc1ccc(Br)cc1)N1CCC2(CCOC2)C1.I. The molecule has 2 saturated heterocycles. The molecule has 1 spiro atoms. The maximum atomic E-state index is 5.63. The smallest absolute Gasteiger partial charge is 0.193 e. The maximum Gasteiger partial charge on any atom is 0.193 e. The minimum absolute atomic E-state index is 0. The molecule has 24 heavy (non-hydrogen) atoms. The van der Waals surface area contributed by atoms with Crippen molar-refractivity contribution in [2.75, 3.05) is 39.4 Å². The molecule has 1 N–H and O–H groups in total. The fourth-order valence-corrected chi connectivity index (χ4v) is 3.72. The van der Waals surface area contributed by atoms with E-state index in [1.807, 2.05) is 0 Å². The van der Waals surface area contributed by atoms with Gasteiger partial charge in [0.15, 0.2) is 5.96 Å². The summed E-state index contributed by atoms with van der Waals surface area (Å²) in [6.45, 7) is 7.88. The van der Waals surface area contributed by atoms with Crippen molar-refractivity contribution in [2.24, 2.45) is 10.4 Å². The average Bonchev–Trinajstić information content (AvgIpc) is 3.19. The van der Waals surface area contributed by atoms with E-state index in [4.69, 9.17) is 9.73 Å². The van der Waals surface area contributed by atoms with Crippen LogP contribution in [-0.4, -0.2) is 50.3 Å². The largest absolute Gasteiger partial charge is 0.381 e. The van der Waals surface area contributed by atoms with Crippen molar-refractivity contribution in [3.05, 3.63) is 34.3 Å². The molecule has 1 aromatic carbocycles. The van der Waals surface area contributed by atoms with Crippen LogP contribution in [0.2, 0.25) is 0 Å². The summed E-state index contributed by atoms with van der Waals surface area (Å²) in [4.78, 5) is 7.26. The second-order valence-electron chi connectivity index (χ2n) is 6.59. The molecule has 134 valence electrons. The lowest BCUT2D eigenvalue weighted by Gasteiger charge is -2.25. The molecule has 0 aromatic heterocycles. The van der Waals surface area contributed by atoms with E-state index in [2.05, 4.69) is 57.3 Å². The molecular weight excluding hydrogens is 481 g/mol. The van der Waals surface area contributed by atoms with Gasteiger partial charge in [-0.15, -0.1) is 24.0 Å². The third-order valence-corrected chi connectivity index (χ3v) is 5.36. The number of likely N-dealkylation sites (tertiary alicyclic amines) is 1. The Bertz CT molecular complexity index is 544. The minimum Gasteiger partial charge on any atom is -0.381 e. The van der Waals surface area contributed by atoms with Gasteiger partial charge < -0.3 is 15.0 Å². The highest BCUT2D eigenvalue weighted by Crippen LogP contribution is 2.38. The zero-order valence-electron chi connectivity index (χ0n) is 14.3. The van der Waals surface area contributed by atoms with E-state index in [0.717, 1.165) is 56.2 Å². The van der Waals surface area contributed by atoms with Crippen molar-refractivity contribution in [2.45, 2.75) is 26.2 Å². The number of hydrogen-bond acceptors (Lipinski definition) is 2. The normalized spacial score (nSPS) is 23.6. The van der Waals surface area contributed by atoms with Gasteiger partial charge >= 0.3 is 0 Å². The van der Waals surface area contributed by atoms with Crippen LogP contribution in [0.3, 0.4) is 0 Å². The van der Waals surface area contributed by atoms with Crippen LogP contribution < -0.4 is 5.32 Å². The molecule has 1 unspecified atom stereocenters. The van der Waals surface area contributed by atoms with Gasteiger partial charge in [0.1, 0.15) is 0 Å². The van der Waals surface area contributed by atoms with Gasteiger partial charge in [0.05, 0.1) is 6.61 Å². The van der Waals surface area contributed by atoms with Crippen LogP contribution in [0.1, 0.15) is 25.3 Å². The third-order valence-electron chi connectivity index (χ3n) is 4.83. The molecule has 2 heterocycles. The topological polar surface area (TPSA) is 36.9 Å². The van der Waals surface area contributed by atoms with Crippen LogP contribution in [0.15, 0.2) is 33.7 Å². The van der Waals surface area contributed by atoms with E-state index in [1.165, 1.54) is 18.4 Å². The highest BCUT2D eigenvalue weighted by molar-refractivity contribution is 14.0. The standard InChI is InChI=1S/C18H26BrN3O.HI/c1-2-20-17(21-10-7-15-3-5-16(19)6-4-15)22-11-8-18(13-22)9-12-23-14-18;/h3-6H,2,7-14H2,1H3,(H,20,21);1H. The Morgan fingerprint density at radius 3 is 2.79 bits per heavy atom. The van der Waals surface area contributed by atoms with E-state index in [9.17, 15) is 0 Å². The fourth-order valence-electron chi connectivity index (χ4n) is 3.46. The molecule has 0 radical (unpaired) electrons. The molecule has 6 heteroatoms. The lowest BCUT2D eigenvalue weighted by atomic mass is 9.87. The molecule has 2 fully saturated rings. The summed E-state index contributed by atoms with van der Waals surface area (Å²) in [5.41, 5.74) is 1.71. The van der Waals surface area contributed by atoms with Gasteiger partial charge in [-0.1, -0.05) is 28.1 Å². The van der Waals surface area contributed by atoms with Gasteiger partial charge in [0.2, 0.25) is 0 Å². The number of benzene rings is 1. The van der Waals surface area contributed by atoms with Crippen LogP contribution >= 0.6 is 39.9 Å². The summed E-state index contributed by atoms with van der Waals surface area (Å²) in [5.74, 6) is 1.06. The predicted octanol–water partition coefficient (Wildman–Crippen LogP) is 3.69. The summed E-state index contributed by atoms with van der Waals surface area (Å²) in [6, 6.07) is 8.50. The van der Waals surface area contributed by atoms with E-state index in [1.54, 1.807) is 0 Å².